The third kappa shape index (κ3) is 9.53. The van der Waals surface area contributed by atoms with E-state index in [1.54, 1.807) is 0 Å². The summed E-state index contributed by atoms with van der Waals surface area (Å²) in [5, 5.41) is 2.73. The Morgan fingerprint density at radius 2 is 1.88 bits per heavy atom. The molecule has 5 nitrogen and oxygen atoms in total. The normalized spacial score (nSPS) is 18.1. The molecule has 1 aromatic carbocycles. The van der Waals surface area contributed by atoms with Crippen LogP contribution < -0.4 is 10.1 Å². The van der Waals surface area contributed by atoms with Crippen molar-refractivity contribution in [2.75, 3.05) is 13.2 Å². The van der Waals surface area contributed by atoms with Crippen LogP contribution in [0.3, 0.4) is 0 Å². The number of rotatable bonds is 11. The van der Waals surface area contributed by atoms with Gasteiger partial charge in [0.1, 0.15) is 12.4 Å². The van der Waals surface area contributed by atoms with E-state index in [0.29, 0.717) is 17.8 Å². The molecule has 1 N–H and O–H groups in total. The number of benzene rings is 1. The summed E-state index contributed by atoms with van der Waals surface area (Å²) >= 11 is 2.55. The van der Waals surface area contributed by atoms with E-state index in [-0.39, 0.29) is 16.6 Å². The Morgan fingerprint density at radius 3 is 2.44 bits per heavy atom. The van der Waals surface area contributed by atoms with Gasteiger partial charge in [-0.1, -0.05) is 81.5 Å². The zero-order chi connectivity index (χ0) is 23.7. The molecular formula is C26H38INO4. The minimum absolute atomic E-state index is 0.160. The molecule has 0 spiro atoms. The van der Waals surface area contributed by atoms with Gasteiger partial charge in [-0.3, -0.25) is 5.32 Å². The first-order chi connectivity index (χ1) is 15.0. The standard InChI is InChI=1S/C26H38INO4/c1-18(2)17-24(26(5,6)27)21-9-13-23(14-10-21)32-20(4)30-15-16-31-25(29)28-22-11-7-19(3)8-12-22/h7,9-14,18-20,24H,8,15-17H2,1-6H3,(H,28,29). The average molecular weight is 555 g/mol. The second kappa shape index (κ2) is 12.6. The fourth-order valence-corrected chi connectivity index (χ4v) is 4.22. The highest BCUT2D eigenvalue weighted by atomic mass is 127. The number of carbonyl (C=O) groups excluding carboxylic acids is 1. The van der Waals surface area contributed by atoms with Crippen LogP contribution in [-0.4, -0.2) is 29.0 Å². The molecule has 3 atom stereocenters. The lowest BCUT2D eigenvalue weighted by Crippen LogP contribution is -2.26. The smallest absolute Gasteiger partial charge is 0.411 e. The molecule has 6 heteroatoms. The number of nitrogens with one attached hydrogen (secondary N) is 1. The number of halogens is 1. The molecule has 0 fully saturated rings. The Labute approximate surface area is 207 Å². The van der Waals surface area contributed by atoms with Crippen LogP contribution in [0.1, 0.15) is 65.9 Å². The van der Waals surface area contributed by atoms with Crippen LogP contribution >= 0.6 is 22.6 Å². The average Bonchev–Trinajstić information content (AvgIpc) is 2.71. The van der Waals surface area contributed by atoms with E-state index in [0.717, 1.165) is 24.3 Å². The minimum atomic E-state index is -0.475. The molecule has 1 aromatic rings. The van der Waals surface area contributed by atoms with E-state index in [1.165, 1.54) is 5.56 Å². The molecular weight excluding hydrogens is 517 g/mol. The SMILES string of the molecule is CC(C)CC(c1ccc(OC(C)OCCOC(=O)NC2=CCC(C)C=C2)cc1)C(C)(C)I. The summed E-state index contributed by atoms with van der Waals surface area (Å²) in [4.78, 5) is 11.9. The first-order valence-electron chi connectivity index (χ1n) is 11.4. The van der Waals surface area contributed by atoms with Gasteiger partial charge in [-0.05, 0) is 61.3 Å². The topological polar surface area (TPSA) is 56.8 Å². The highest BCUT2D eigenvalue weighted by molar-refractivity contribution is 14.1. The lowest BCUT2D eigenvalue weighted by atomic mass is 9.82. The van der Waals surface area contributed by atoms with Crippen LogP contribution in [0.25, 0.3) is 0 Å². The molecule has 0 aromatic heterocycles. The summed E-state index contributed by atoms with van der Waals surface area (Å²) < 4.78 is 16.8. The third-order valence-corrected chi connectivity index (χ3v) is 6.10. The van der Waals surface area contributed by atoms with Crippen LogP contribution in [0, 0.1) is 11.8 Å². The molecule has 0 radical (unpaired) electrons. The molecule has 0 saturated heterocycles. The number of carbonyl (C=O) groups is 1. The van der Waals surface area contributed by atoms with Gasteiger partial charge >= 0.3 is 6.09 Å². The number of alkyl carbamates (subject to hydrolysis) is 1. The van der Waals surface area contributed by atoms with Crippen LogP contribution in [0.5, 0.6) is 5.75 Å². The van der Waals surface area contributed by atoms with Crippen molar-refractivity contribution in [2.45, 2.75) is 70.0 Å². The van der Waals surface area contributed by atoms with Gasteiger partial charge in [-0.2, -0.15) is 0 Å². The van der Waals surface area contributed by atoms with Crippen molar-refractivity contribution in [1.82, 2.24) is 5.32 Å². The number of amides is 1. The second-order valence-corrected chi connectivity index (χ2v) is 12.1. The lowest BCUT2D eigenvalue weighted by Gasteiger charge is -2.31. The van der Waals surface area contributed by atoms with Crippen molar-refractivity contribution >= 4 is 28.7 Å². The number of hydrogen-bond acceptors (Lipinski definition) is 4. The predicted molar refractivity (Wildman–Crippen MR) is 138 cm³/mol. The Bertz CT molecular complexity index is 780. The first-order valence-corrected chi connectivity index (χ1v) is 12.5. The van der Waals surface area contributed by atoms with E-state index in [2.05, 4.69) is 80.7 Å². The molecule has 0 saturated carbocycles. The predicted octanol–water partition coefficient (Wildman–Crippen LogP) is 6.98. The van der Waals surface area contributed by atoms with Gasteiger partial charge < -0.3 is 14.2 Å². The first kappa shape index (κ1) is 26.7. The van der Waals surface area contributed by atoms with Gasteiger partial charge in [0.15, 0.2) is 6.29 Å². The number of ether oxygens (including phenoxy) is 3. The van der Waals surface area contributed by atoms with Crippen molar-refractivity contribution in [3.8, 4) is 5.75 Å². The quantitative estimate of drug-likeness (QED) is 0.139. The maximum absolute atomic E-state index is 11.9. The molecule has 1 aliphatic carbocycles. The Kier molecular flexibility index (Phi) is 10.5. The van der Waals surface area contributed by atoms with Crippen molar-refractivity contribution in [2.24, 2.45) is 11.8 Å². The number of alkyl halides is 1. The summed E-state index contributed by atoms with van der Waals surface area (Å²) in [5.74, 6) is 2.39. The lowest BCUT2D eigenvalue weighted by molar-refractivity contribution is -0.0769. The molecule has 32 heavy (non-hydrogen) atoms. The van der Waals surface area contributed by atoms with Crippen LogP contribution in [0.4, 0.5) is 4.79 Å². The maximum atomic E-state index is 11.9. The molecule has 0 heterocycles. The van der Waals surface area contributed by atoms with Crippen molar-refractivity contribution in [3.05, 3.63) is 53.8 Å². The van der Waals surface area contributed by atoms with E-state index in [4.69, 9.17) is 14.2 Å². The number of allylic oxidation sites excluding steroid dienone is 3. The molecule has 0 bridgehead atoms. The summed E-state index contributed by atoms with van der Waals surface area (Å²) in [6, 6.07) is 8.30. The Morgan fingerprint density at radius 1 is 1.19 bits per heavy atom. The highest BCUT2D eigenvalue weighted by Crippen LogP contribution is 2.40. The zero-order valence-corrected chi connectivity index (χ0v) is 22.3. The summed E-state index contributed by atoms with van der Waals surface area (Å²) in [7, 11) is 0. The van der Waals surface area contributed by atoms with Gasteiger partial charge in [0, 0.05) is 9.12 Å². The summed E-state index contributed by atoms with van der Waals surface area (Å²) in [5.41, 5.74) is 2.10. The maximum Gasteiger partial charge on any atom is 0.411 e. The van der Waals surface area contributed by atoms with E-state index >= 15 is 0 Å². The van der Waals surface area contributed by atoms with Crippen molar-refractivity contribution in [3.63, 3.8) is 0 Å². The van der Waals surface area contributed by atoms with E-state index in [1.807, 2.05) is 31.2 Å². The Balaban J connectivity index is 1.73. The molecule has 1 amide bonds. The molecule has 0 aliphatic heterocycles. The molecule has 2 rings (SSSR count). The van der Waals surface area contributed by atoms with Crippen molar-refractivity contribution < 1.29 is 19.0 Å². The van der Waals surface area contributed by atoms with Gasteiger partial charge in [-0.25, -0.2) is 4.79 Å². The zero-order valence-electron chi connectivity index (χ0n) is 20.2. The van der Waals surface area contributed by atoms with Gasteiger partial charge in [-0.15, -0.1) is 0 Å². The molecule has 3 unspecified atom stereocenters. The summed E-state index contributed by atoms with van der Waals surface area (Å²) in [6.45, 7) is 13.5. The van der Waals surface area contributed by atoms with Crippen LogP contribution in [0.2, 0.25) is 0 Å². The Hall–Kier alpha value is -1.54. The fraction of sp³-hybridized carbons (Fsp3) is 0.577. The molecule has 1 aliphatic rings. The van der Waals surface area contributed by atoms with Gasteiger partial charge in [0.25, 0.3) is 0 Å². The largest absolute Gasteiger partial charge is 0.465 e. The highest BCUT2D eigenvalue weighted by Gasteiger charge is 2.28. The van der Waals surface area contributed by atoms with Gasteiger partial charge in [0.2, 0.25) is 0 Å². The van der Waals surface area contributed by atoms with Crippen LogP contribution in [-0.2, 0) is 9.47 Å². The fourth-order valence-electron chi connectivity index (χ4n) is 3.61. The monoisotopic (exact) mass is 555 g/mol. The minimum Gasteiger partial charge on any atom is -0.465 e. The van der Waals surface area contributed by atoms with Crippen LogP contribution in [0.15, 0.2) is 48.2 Å². The van der Waals surface area contributed by atoms with Gasteiger partial charge in [0.05, 0.1) is 6.61 Å². The van der Waals surface area contributed by atoms with Crippen molar-refractivity contribution in [1.29, 1.82) is 0 Å². The molecule has 178 valence electrons. The van der Waals surface area contributed by atoms with E-state index < -0.39 is 12.4 Å². The number of hydrogen-bond donors (Lipinski definition) is 1. The van der Waals surface area contributed by atoms with E-state index in [9.17, 15) is 4.79 Å². The summed E-state index contributed by atoms with van der Waals surface area (Å²) in [6.07, 6.45) is 7.12. The second-order valence-electron chi connectivity index (χ2n) is 9.36. The third-order valence-electron chi connectivity index (χ3n) is 5.35.